The lowest BCUT2D eigenvalue weighted by atomic mass is 10.5. The Morgan fingerprint density at radius 2 is 2.50 bits per heavy atom. The highest BCUT2D eigenvalue weighted by molar-refractivity contribution is 7.11. The van der Waals surface area contributed by atoms with Crippen molar-refractivity contribution in [3.8, 4) is 11.1 Å². The maximum atomic E-state index is 5.61. The number of ether oxygens (including phenoxy) is 1. The minimum absolute atomic E-state index is 0.402. The first-order valence-corrected chi connectivity index (χ1v) is 5.39. The molecule has 0 amide bonds. The first-order chi connectivity index (χ1) is 6.78. The Labute approximate surface area is 89.9 Å². The third kappa shape index (κ3) is 2.05. The third-order valence-electron chi connectivity index (χ3n) is 1.54. The van der Waals surface area contributed by atoms with Crippen LogP contribution < -0.4 is 4.74 Å². The van der Waals surface area contributed by atoms with Gasteiger partial charge in [-0.05, 0) is 6.92 Å². The van der Waals surface area contributed by atoms with Crippen LogP contribution in [0.2, 0.25) is 0 Å². The lowest BCUT2D eigenvalue weighted by molar-refractivity contribution is 0.457. The van der Waals surface area contributed by atoms with Crippen molar-refractivity contribution in [3.05, 3.63) is 22.8 Å². The normalized spacial score (nSPS) is 10.4. The van der Waals surface area contributed by atoms with Gasteiger partial charge in [-0.1, -0.05) is 11.3 Å². The minimum Gasteiger partial charge on any atom is -0.410 e. The Balaban J connectivity index is 2.10. The Hall–Kier alpha value is -1.07. The van der Waals surface area contributed by atoms with Gasteiger partial charge in [-0.3, -0.25) is 5.10 Å². The van der Waals surface area contributed by atoms with E-state index in [9.17, 15) is 0 Å². The topological polar surface area (TPSA) is 50.8 Å². The number of thiazole rings is 1. The van der Waals surface area contributed by atoms with E-state index in [0.29, 0.717) is 17.0 Å². The van der Waals surface area contributed by atoms with Gasteiger partial charge < -0.3 is 4.74 Å². The van der Waals surface area contributed by atoms with Gasteiger partial charge in [-0.2, -0.15) is 0 Å². The van der Waals surface area contributed by atoms with Crippen molar-refractivity contribution in [2.75, 3.05) is 0 Å². The van der Waals surface area contributed by atoms with Crippen LogP contribution in [0.5, 0.6) is 11.1 Å². The summed E-state index contributed by atoms with van der Waals surface area (Å²) in [6, 6.07) is 1.81. The first-order valence-electron chi connectivity index (χ1n) is 3.98. The van der Waals surface area contributed by atoms with Gasteiger partial charge in [0, 0.05) is 17.1 Å². The van der Waals surface area contributed by atoms with E-state index < -0.39 is 0 Å². The maximum Gasteiger partial charge on any atom is 0.280 e. The van der Waals surface area contributed by atoms with E-state index in [0.717, 1.165) is 11.4 Å². The molecule has 0 aromatic carbocycles. The molecule has 0 spiro atoms. The van der Waals surface area contributed by atoms with Crippen molar-refractivity contribution >= 4 is 22.9 Å². The highest BCUT2D eigenvalue weighted by Gasteiger charge is 2.05. The zero-order valence-corrected chi connectivity index (χ0v) is 9.02. The summed E-state index contributed by atoms with van der Waals surface area (Å²) in [7, 11) is 0. The molecule has 0 saturated carbocycles. The number of aryl methyl sites for hydroxylation is 1. The number of hydrogen-bond donors (Lipinski definition) is 1. The highest BCUT2D eigenvalue weighted by atomic mass is 35.5. The molecule has 1 N–H and O–H groups in total. The molecule has 2 rings (SSSR count). The fraction of sp³-hybridized carbons (Fsp3) is 0.250. The number of H-pyrrole nitrogens is 1. The Bertz CT molecular complexity index is 426. The summed E-state index contributed by atoms with van der Waals surface area (Å²) in [4.78, 5) is 4.14. The average Bonchev–Trinajstić information content (AvgIpc) is 2.76. The monoisotopic (exact) mass is 229 g/mol. The van der Waals surface area contributed by atoms with Crippen LogP contribution in [0.25, 0.3) is 0 Å². The molecular weight excluding hydrogens is 222 g/mol. The molecule has 0 atom stereocenters. The van der Waals surface area contributed by atoms with Crippen LogP contribution in [0.15, 0.2) is 11.4 Å². The summed E-state index contributed by atoms with van der Waals surface area (Å²) in [5, 5.41) is 9.14. The van der Waals surface area contributed by atoms with Crippen LogP contribution in [-0.2, 0) is 5.88 Å². The molecule has 0 aliphatic heterocycles. The van der Waals surface area contributed by atoms with Gasteiger partial charge in [0.15, 0.2) is 0 Å². The number of aromatic amines is 1. The standard InChI is InChI=1S/C8H8ClN3OS/c1-5-2-7(12-11-5)13-8-10-6(3-9)4-14-8/h2,4H,3H2,1H3,(H,11,12). The quantitative estimate of drug-likeness (QED) is 0.824. The summed E-state index contributed by atoms with van der Waals surface area (Å²) in [5.41, 5.74) is 1.77. The lowest BCUT2D eigenvalue weighted by Crippen LogP contribution is -1.84. The van der Waals surface area contributed by atoms with Crippen molar-refractivity contribution < 1.29 is 4.74 Å². The van der Waals surface area contributed by atoms with Gasteiger partial charge in [0.25, 0.3) is 5.19 Å². The van der Waals surface area contributed by atoms with E-state index in [1.807, 2.05) is 18.4 Å². The second-order valence-electron chi connectivity index (χ2n) is 2.73. The Morgan fingerprint density at radius 1 is 1.64 bits per heavy atom. The van der Waals surface area contributed by atoms with Crippen molar-refractivity contribution in [1.29, 1.82) is 0 Å². The van der Waals surface area contributed by atoms with Crippen LogP contribution in [0, 0.1) is 6.92 Å². The fourth-order valence-corrected chi connectivity index (χ4v) is 1.84. The van der Waals surface area contributed by atoms with Gasteiger partial charge in [0.1, 0.15) is 0 Å². The summed E-state index contributed by atoms with van der Waals surface area (Å²) in [5.74, 6) is 0.928. The largest absolute Gasteiger partial charge is 0.410 e. The molecule has 6 heteroatoms. The Morgan fingerprint density at radius 3 is 3.07 bits per heavy atom. The molecule has 2 aromatic rings. The number of alkyl halides is 1. The molecule has 0 saturated heterocycles. The molecular formula is C8H8ClN3OS. The zero-order valence-electron chi connectivity index (χ0n) is 7.45. The van der Waals surface area contributed by atoms with E-state index in [-0.39, 0.29) is 0 Å². The molecule has 2 heterocycles. The second kappa shape index (κ2) is 3.98. The maximum absolute atomic E-state index is 5.61. The predicted molar refractivity (Wildman–Crippen MR) is 55.1 cm³/mol. The number of hydrogen-bond acceptors (Lipinski definition) is 4. The number of nitrogens with zero attached hydrogens (tertiary/aromatic N) is 2. The summed E-state index contributed by atoms with van der Waals surface area (Å²) < 4.78 is 5.39. The number of aromatic nitrogens is 3. The predicted octanol–water partition coefficient (Wildman–Crippen LogP) is 2.71. The van der Waals surface area contributed by atoms with E-state index >= 15 is 0 Å². The van der Waals surface area contributed by atoms with Gasteiger partial charge in [-0.15, -0.1) is 16.7 Å². The van der Waals surface area contributed by atoms with Gasteiger partial charge in [0.05, 0.1) is 11.6 Å². The molecule has 0 radical (unpaired) electrons. The van der Waals surface area contributed by atoms with Gasteiger partial charge in [-0.25, -0.2) is 4.98 Å². The molecule has 0 unspecified atom stereocenters. The highest BCUT2D eigenvalue weighted by Crippen LogP contribution is 2.24. The molecule has 2 aromatic heterocycles. The summed E-state index contributed by atoms with van der Waals surface area (Å²) >= 11 is 7.02. The minimum atomic E-state index is 0.402. The summed E-state index contributed by atoms with van der Waals surface area (Å²) in [6.45, 7) is 1.91. The number of nitrogens with one attached hydrogen (secondary N) is 1. The Kier molecular flexibility index (Phi) is 2.69. The fourth-order valence-electron chi connectivity index (χ4n) is 0.931. The van der Waals surface area contributed by atoms with Crippen LogP contribution in [0.1, 0.15) is 11.4 Å². The molecule has 0 fully saturated rings. The SMILES string of the molecule is Cc1cc(Oc2nc(CCl)cs2)n[nH]1. The molecule has 14 heavy (non-hydrogen) atoms. The molecule has 4 nitrogen and oxygen atoms in total. The second-order valence-corrected chi connectivity index (χ2v) is 3.82. The van der Waals surface area contributed by atoms with Crippen LogP contribution in [0.4, 0.5) is 0 Å². The molecule has 74 valence electrons. The van der Waals surface area contributed by atoms with Crippen molar-refractivity contribution in [2.24, 2.45) is 0 Å². The van der Waals surface area contributed by atoms with E-state index in [1.54, 1.807) is 0 Å². The average molecular weight is 230 g/mol. The van der Waals surface area contributed by atoms with Crippen molar-refractivity contribution in [3.63, 3.8) is 0 Å². The summed E-state index contributed by atoms with van der Waals surface area (Å²) in [6.07, 6.45) is 0. The lowest BCUT2D eigenvalue weighted by Gasteiger charge is -1.93. The van der Waals surface area contributed by atoms with Gasteiger partial charge >= 0.3 is 0 Å². The number of rotatable bonds is 3. The van der Waals surface area contributed by atoms with E-state index in [1.165, 1.54) is 11.3 Å². The molecule has 0 bridgehead atoms. The van der Waals surface area contributed by atoms with Crippen LogP contribution in [-0.4, -0.2) is 15.2 Å². The van der Waals surface area contributed by atoms with Crippen LogP contribution in [0.3, 0.4) is 0 Å². The van der Waals surface area contributed by atoms with E-state index in [4.69, 9.17) is 16.3 Å². The van der Waals surface area contributed by atoms with Crippen molar-refractivity contribution in [1.82, 2.24) is 15.2 Å². The smallest absolute Gasteiger partial charge is 0.280 e. The zero-order chi connectivity index (χ0) is 9.97. The number of halogens is 1. The van der Waals surface area contributed by atoms with Crippen molar-refractivity contribution in [2.45, 2.75) is 12.8 Å². The van der Waals surface area contributed by atoms with Gasteiger partial charge in [0.2, 0.25) is 5.88 Å². The first kappa shape index (κ1) is 9.48. The van der Waals surface area contributed by atoms with Crippen LogP contribution >= 0.6 is 22.9 Å². The van der Waals surface area contributed by atoms with E-state index in [2.05, 4.69) is 15.2 Å². The third-order valence-corrected chi connectivity index (χ3v) is 2.58. The molecule has 0 aliphatic carbocycles. The molecule has 0 aliphatic rings.